The normalized spacial score (nSPS) is 22.0. The van der Waals surface area contributed by atoms with E-state index in [0.29, 0.717) is 13.0 Å². The van der Waals surface area contributed by atoms with E-state index in [-0.39, 0.29) is 18.4 Å². The van der Waals surface area contributed by atoms with E-state index >= 15 is 0 Å². The van der Waals surface area contributed by atoms with Crippen LogP contribution in [0, 0.1) is 12.8 Å². The number of rotatable bonds is 2. The highest BCUT2D eigenvalue weighted by molar-refractivity contribution is 7.14. The highest BCUT2D eigenvalue weighted by Crippen LogP contribution is 2.27. The number of carbonyl (C=O) groups excluding carboxylic acids is 1. The maximum absolute atomic E-state index is 11.5. The van der Waals surface area contributed by atoms with Crippen LogP contribution in [0.4, 0.5) is 5.13 Å². The molecule has 5 heteroatoms. The molecule has 1 aromatic rings. The Labute approximate surface area is 86.2 Å². The molecule has 0 bridgehead atoms. The third kappa shape index (κ3) is 1.65. The molecule has 1 amide bonds. The molecule has 1 unspecified atom stereocenters. The SMILES string of the molecule is Cc1csc(N2CC(CO)CC2=O)n1. The molecular formula is C9H12N2O2S. The Hall–Kier alpha value is -0.940. The number of aromatic nitrogens is 1. The van der Waals surface area contributed by atoms with Gasteiger partial charge in [0, 0.05) is 30.9 Å². The van der Waals surface area contributed by atoms with Crippen LogP contribution in [-0.4, -0.2) is 29.1 Å². The number of aryl methyl sites for hydroxylation is 1. The lowest BCUT2D eigenvalue weighted by atomic mass is 10.1. The number of aliphatic hydroxyl groups excluding tert-OH is 1. The van der Waals surface area contributed by atoms with Crippen molar-refractivity contribution < 1.29 is 9.90 Å². The van der Waals surface area contributed by atoms with Crippen molar-refractivity contribution in [2.45, 2.75) is 13.3 Å². The van der Waals surface area contributed by atoms with E-state index in [1.807, 2.05) is 12.3 Å². The molecule has 0 spiro atoms. The summed E-state index contributed by atoms with van der Waals surface area (Å²) in [4.78, 5) is 17.5. The fourth-order valence-electron chi connectivity index (χ4n) is 1.55. The van der Waals surface area contributed by atoms with Gasteiger partial charge in [-0.2, -0.15) is 0 Å². The monoisotopic (exact) mass is 212 g/mol. The summed E-state index contributed by atoms with van der Waals surface area (Å²) in [6.45, 7) is 2.58. The van der Waals surface area contributed by atoms with E-state index in [2.05, 4.69) is 4.98 Å². The Morgan fingerprint density at radius 1 is 1.79 bits per heavy atom. The number of hydrogen-bond donors (Lipinski definition) is 1. The van der Waals surface area contributed by atoms with Gasteiger partial charge in [0.1, 0.15) is 0 Å². The Kier molecular flexibility index (Phi) is 2.52. The fraction of sp³-hybridized carbons (Fsp3) is 0.556. The number of hydrogen-bond acceptors (Lipinski definition) is 4. The molecular weight excluding hydrogens is 200 g/mol. The van der Waals surface area contributed by atoms with Crippen molar-refractivity contribution in [1.82, 2.24) is 4.98 Å². The number of nitrogens with zero attached hydrogens (tertiary/aromatic N) is 2. The van der Waals surface area contributed by atoms with Crippen molar-refractivity contribution >= 4 is 22.4 Å². The summed E-state index contributed by atoms with van der Waals surface area (Å²) in [7, 11) is 0. The second-order valence-corrected chi connectivity index (χ2v) is 4.37. The topological polar surface area (TPSA) is 53.4 Å². The van der Waals surface area contributed by atoms with Crippen LogP contribution >= 0.6 is 11.3 Å². The van der Waals surface area contributed by atoms with Crippen LogP contribution in [0.1, 0.15) is 12.1 Å². The predicted molar refractivity (Wildman–Crippen MR) is 54.4 cm³/mol. The molecule has 0 aromatic carbocycles. The summed E-state index contributed by atoms with van der Waals surface area (Å²) in [5.74, 6) is 0.144. The first-order chi connectivity index (χ1) is 6.70. The average molecular weight is 212 g/mol. The highest BCUT2D eigenvalue weighted by atomic mass is 32.1. The maximum atomic E-state index is 11.5. The molecule has 1 fully saturated rings. The number of amides is 1. The highest BCUT2D eigenvalue weighted by Gasteiger charge is 2.31. The molecule has 0 radical (unpaired) electrons. The lowest BCUT2D eigenvalue weighted by Gasteiger charge is -2.11. The van der Waals surface area contributed by atoms with Gasteiger partial charge in [0.15, 0.2) is 5.13 Å². The van der Waals surface area contributed by atoms with Crippen molar-refractivity contribution in [2.24, 2.45) is 5.92 Å². The minimum Gasteiger partial charge on any atom is -0.396 e. The van der Waals surface area contributed by atoms with E-state index in [9.17, 15) is 4.79 Å². The first-order valence-corrected chi connectivity index (χ1v) is 5.42. The molecule has 0 saturated carbocycles. The van der Waals surface area contributed by atoms with Crippen molar-refractivity contribution in [3.05, 3.63) is 11.1 Å². The average Bonchev–Trinajstić information content (AvgIpc) is 2.71. The zero-order valence-electron chi connectivity index (χ0n) is 7.93. The van der Waals surface area contributed by atoms with Gasteiger partial charge >= 0.3 is 0 Å². The molecule has 0 aliphatic carbocycles. The maximum Gasteiger partial charge on any atom is 0.229 e. The number of thiazole rings is 1. The number of aliphatic hydroxyl groups is 1. The van der Waals surface area contributed by atoms with E-state index in [0.717, 1.165) is 10.8 Å². The van der Waals surface area contributed by atoms with Crippen LogP contribution in [0.5, 0.6) is 0 Å². The third-order valence-corrected chi connectivity index (χ3v) is 3.28. The molecule has 2 heterocycles. The minimum atomic E-state index is 0.0680. The van der Waals surface area contributed by atoms with Crippen LogP contribution < -0.4 is 4.90 Å². The minimum absolute atomic E-state index is 0.0680. The third-order valence-electron chi connectivity index (χ3n) is 2.30. The van der Waals surface area contributed by atoms with E-state index in [1.165, 1.54) is 11.3 Å². The summed E-state index contributed by atoms with van der Waals surface area (Å²) < 4.78 is 0. The van der Waals surface area contributed by atoms with Gasteiger partial charge in [0.2, 0.25) is 5.91 Å². The van der Waals surface area contributed by atoms with Crippen molar-refractivity contribution in [3.8, 4) is 0 Å². The quantitative estimate of drug-likeness (QED) is 0.788. The van der Waals surface area contributed by atoms with Gasteiger partial charge in [-0.05, 0) is 6.92 Å². The van der Waals surface area contributed by atoms with Gasteiger partial charge in [0.05, 0.1) is 5.69 Å². The number of carbonyl (C=O) groups is 1. The van der Waals surface area contributed by atoms with Crippen LogP contribution in [0.15, 0.2) is 5.38 Å². The largest absolute Gasteiger partial charge is 0.396 e. The molecule has 76 valence electrons. The van der Waals surface area contributed by atoms with Crippen LogP contribution in [-0.2, 0) is 4.79 Å². The van der Waals surface area contributed by atoms with Crippen molar-refractivity contribution in [2.75, 3.05) is 18.1 Å². The zero-order valence-corrected chi connectivity index (χ0v) is 8.75. The van der Waals surface area contributed by atoms with Gasteiger partial charge in [-0.3, -0.25) is 9.69 Å². The predicted octanol–water partition coefficient (Wildman–Crippen LogP) is 0.797. The van der Waals surface area contributed by atoms with E-state index < -0.39 is 0 Å². The Morgan fingerprint density at radius 2 is 2.57 bits per heavy atom. The summed E-state index contributed by atoms with van der Waals surface area (Å²) in [6, 6.07) is 0. The Morgan fingerprint density at radius 3 is 3.07 bits per heavy atom. The molecule has 1 aromatic heterocycles. The van der Waals surface area contributed by atoms with Crippen LogP contribution in [0.25, 0.3) is 0 Å². The van der Waals surface area contributed by atoms with E-state index in [4.69, 9.17) is 5.11 Å². The van der Waals surface area contributed by atoms with Gasteiger partial charge in [-0.25, -0.2) is 4.98 Å². The zero-order chi connectivity index (χ0) is 10.1. The molecule has 2 rings (SSSR count). The van der Waals surface area contributed by atoms with Gasteiger partial charge in [-0.15, -0.1) is 11.3 Å². The smallest absolute Gasteiger partial charge is 0.229 e. The van der Waals surface area contributed by atoms with Crippen molar-refractivity contribution in [3.63, 3.8) is 0 Å². The summed E-state index contributed by atoms with van der Waals surface area (Å²) >= 11 is 1.48. The molecule has 1 N–H and O–H groups in total. The lowest BCUT2D eigenvalue weighted by Crippen LogP contribution is -2.24. The molecule has 4 nitrogen and oxygen atoms in total. The molecule has 1 saturated heterocycles. The van der Waals surface area contributed by atoms with Gasteiger partial charge in [0.25, 0.3) is 0 Å². The molecule has 1 atom stereocenters. The molecule has 1 aliphatic rings. The first kappa shape index (κ1) is 9.61. The number of anilines is 1. The summed E-state index contributed by atoms with van der Waals surface area (Å²) in [5.41, 5.74) is 0.935. The Bertz CT molecular complexity index is 350. The van der Waals surface area contributed by atoms with Crippen LogP contribution in [0.3, 0.4) is 0 Å². The summed E-state index contributed by atoms with van der Waals surface area (Å²) in [6.07, 6.45) is 0.440. The molecule has 1 aliphatic heterocycles. The summed E-state index contributed by atoms with van der Waals surface area (Å²) in [5, 5.41) is 11.6. The van der Waals surface area contributed by atoms with E-state index in [1.54, 1.807) is 4.90 Å². The van der Waals surface area contributed by atoms with Gasteiger partial charge in [-0.1, -0.05) is 0 Å². The first-order valence-electron chi connectivity index (χ1n) is 4.54. The second-order valence-electron chi connectivity index (χ2n) is 3.53. The lowest BCUT2D eigenvalue weighted by molar-refractivity contribution is -0.117. The molecule has 14 heavy (non-hydrogen) atoms. The van der Waals surface area contributed by atoms with Gasteiger partial charge < -0.3 is 5.11 Å². The van der Waals surface area contributed by atoms with Crippen molar-refractivity contribution in [1.29, 1.82) is 0 Å². The standard InChI is InChI=1S/C9H12N2O2S/c1-6-5-14-9(10-6)11-3-7(4-12)2-8(11)13/h5,7,12H,2-4H2,1H3. The Balaban J connectivity index is 2.16. The second kappa shape index (κ2) is 3.67. The fourth-order valence-corrected chi connectivity index (χ4v) is 2.38. The van der Waals surface area contributed by atoms with Crippen LogP contribution in [0.2, 0.25) is 0 Å².